The maximum atomic E-state index is 5.80. The molecule has 1 aromatic carbocycles. The monoisotopic (exact) mass is 176 g/mol. The fraction of sp³-hybridized carbons (Fsp3) is 0.455. The topological polar surface area (TPSA) is 38.0 Å². The van der Waals surface area contributed by atoms with Gasteiger partial charge in [-0.2, -0.15) is 0 Å². The highest BCUT2D eigenvalue weighted by Gasteiger charge is 2.39. The van der Waals surface area contributed by atoms with E-state index in [9.17, 15) is 0 Å². The van der Waals surface area contributed by atoms with E-state index in [0.717, 1.165) is 0 Å². The van der Waals surface area contributed by atoms with Gasteiger partial charge in [0.2, 0.25) is 0 Å². The molecule has 1 saturated carbocycles. The average Bonchev–Trinajstić information content (AvgIpc) is 2.86. The van der Waals surface area contributed by atoms with Gasteiger partial charge >= 0.3 is 0 Å². The van der Waals surface area contributed by atoms with Gasteiger partial charge in [0.15, 0.2) is 0 Å². The normalized spacial score (nSPS) is 28.2. The van der Waals surface area contributed by atoms with Crippen molar-refractivity contribution in [1.29, 1.82) is 0 Å². The Labute approximate surface area is 79.1 Å². The first-order valence-electron chi connectivity index (χ1n) is 4.84. The molecule has 1 fully saturated rings. The van der Waals surface area contributed by atoms with Crippen molar-refractivity contribution >= 4 is 5.69 Å². The van der Waals surface area contributed by atoms with Crippen molar-refractivity contribution in [2.45, 2.75) is 25.4 Å². The zero-order chi connectivity index (χ0) is 9.26. The third-order valence-electron chi connectivity index (χ3n) is 2.64. The van der Waals surface area contributed by atoms with E-state index in [1.54, 1.807) is 0 Å². The van der Waals surface area contributed by atoms with Crippen LogP contribution in [0.4, 0.5) is 5.69 Å². The number of benzene rings is 1. The molecule has 0 aliphatic heterocycles. The minimum Gasteiger partial charge on any atom is -0.382 e. The first-order chi connectivity index (χ1) is 6.27. The summed E-state index contributed by atoms with van der Waals surface area (Å²) in [5.74, 6) is 0.667. The highest BCUT2D eigenvalue weighted by molar-refractivity contribution is 5.45. The number of hydrogen-bond donors (Lipinski definition) is 2. The van der Waals surface area contributed by atoms with Crippen LogP contribution in [0.2, 0.25) is 0 Å². The molecule has 0 saturated heterocycles. The molecule has 2 rings (SSSR count). The van der Waals surface area contributed by atoms with Crippen LogP contribution in [0.1, 0.15) is 13.3 Å². The van der Waals surface area contributed by atoms with Crippen LogP contribution in [-0.4, -0.2) is 12.1 Å². The maximum Gasteiger partial charge on any atom is 0.0342 e. The predicted octanol–water partition coefficient (Wildman–Crippen LogP) is 1.83. The number of nitrogens with two attached hydrogens (primary N) is 1. The number of anilines is 1. The van der Waals surface area contributed by atoms with Gasteiger partial charge in [0.1, 0.15) is 0 Å². The molecule has 2 heteroatoms. The summed E-state index contributed by atoms with van der Waals surface area (Å²) < 4.78 is 0. The van der Waals surface area contributed by atoms with E-state index < -0.39 is 0 Å². The molecule has 1 aliphatic rings. The summed E-state index contributed by atoms with van der Waals surface area (Å²) in [5.41, 5.74) is 7.01. The van der Waals surface area contributed by atoms with E-state index in [4.69, 9.17) is 5.73 Å². The molecule has 2 unspecified atom stereocenters. The molecule has 1 aromatic rings. The minimum absolute atomic E-state index is 0.321. The third kappa shape index (κ3) is 2.01. The molecular formula is C11H16N2. The van der Waals surface area contributed by atoms with E-state index in [2.05, 4.69) is 24.4 Å². The van der Waals surface area contributed by atoms with E-state index in [0.29, 0.717) is 18.0 Å². The molecule has 2 nitrogen and oxygen atoms in total. The van der Waals surface area contributed by atoms with Crippen molar-refractivity contribution < 1.29 is 0 Å². The molecule has 0 aromatic heterocycles. The van der Waals surface area contributed by atoms with Crippen LogP contribution in [0.5, 0.6) is 0 Å². The summed E-state index contributed by atoms with van der Waals surface area (Å²) in [5, 5.41) is 3.47. The van der Waals surface area contributed by atoms with E-state index >= 15 is 0 Å². The van der Waals surface area contributed by atoms with Gasteiger partial charge in [-0.25, -0.2) is 0 Å². The van der Waals surface area contributed by atoms with Crippen LogP contribution in [-0.2, 0) is 0 Å². The van der Waals surface area contributed by atoms with Crippen LogP contribution < -0.4 is 11.1 Å². The Kier molecular flexibility index (Phi) is 2.23. The minimum atomic E-state index is 0.321. The molecule has 3 N–H and O–H groups in total. The van der Waals surface area contributed by atoms with Crippen LogP contribution >= 0.6 is 0 Å². The Morgan fingerprint density at radius 3 is 2.62 bits per heavy atom. The summed E-state index contributed by atoms with van der Waals surface area (Å²) in [4.78, 5) is 0. The summed E-state index contributed by atoms with van der Waals surface area (Å²) >= 11 is 0. The summed E-state index contributed by atoms with van der Waals surface area (Å²) in [7, 11) is 0. The lowest BCUT2D eigenvalue weighted by atomic mass is 10.2. The second-order valence-corrected chi connectivity index (χ2v) is 3.88. The SMILES string of the molecule is C[C@@H](N)C1CC1Nc1ccccc1. The van der Waals surface area contributed by atoms with Gasteiger partial charge in [-0.1, -0.05) is 18.2 Å². The van der Waals surface area contributed by atoms with E-state index in [1.165, 1.54) is 12.1 Å². The molecule has 0 radical (unpaired) electrons. The molecule has 0 amide bonds. The van der Waals surface area contributed by atoms with Crippen molar-refractivity contribution in [2.24, 2.45) is 11.7 Å². The Morgan fingerprint density at radius 1 is 1.38 bits per heavy atom. The van der Waals surface area contributed by atoms with Crippen molar-refractivity contribution in [3.05, 3.63) is 30.3 Å². The van der Waals surface area contributed by atoms with Crippen LogP contribution in [0.25, 0.3) is 0 Å². The van der Waals surface area contributed by atoms with Crippen molar-refractivity contribution in [3.63, 3.8) is 0 Å². The molecule has 0 spiro atoms. The smallest absolute Gasteiger partial charge is 0.0342 e. The van der Waals surface area contributed by atoms with Gasteiger partial charge in [-0.3, -0.25) is 0 Å². The number of para-hydroxylation sites is 1. The zero-order valence-corrected chi connectivity index (χ0v) is 7.90. The summed E-state index contributed by atoms with van der Waals surface area (Å²) in [6.07, 6.45) is 1.21. The van der Waals surface area contributed by atoms with Crippen molar-refractivity contribution in [2.75, 3.05) is 5.32 Å². The van der Waals surface area contributed by atoms with Crippen LogP contribution in [0, 0.1) is 5.92 Å². The Hall–Kier alpha value is -1.02. The fourth-order valence-electron chi connectivity index (χ4n) is 1.71. The second-order valence-electron chi connectivity index (χ2n) is 3.88. The molecule has 1 aliphatic carbocycles. The lowest BCUT2D eigenvalue weighted by Gasteiger charge is -2.06. The standard InChI is InChI=1S/C11H16N2/c1-8(12)10-7-11(10)13-9-5-3-2-4-6-9/h2-6,8,10-11,13H,7,12H2,1H3/t8-,10?,11?/m1/s1. The second kappa shape index (κ2) is 3.38. The lowest BCUT2D eigenvalue weighted by molar-refractivity contribution is 0.637. The van der Waals surface area contributed by atoms with Gasteiger partial charge in [0.05, 0.1) is 0 Å². The molecule has 3 atom stereocenters. The lowest BCUT2D eigenvalue weighted by Crippen LogP contribution is -2.21. The third-order valence-corrected chi connectivity index (χ3v) is 2.64. The molecule has 13 heavy (non-hydrogen) atoms. The zero-order valence-electron chi connectivity index (χ0n) is 7.90. The maximum absolute atomic E-state index is 5.80. The fourth-order valence-corrected chi connectivity index (χ4v) is 1.71. The average molecular weight is 176 g/mol. The Morgan fingerprint density at radius 2 is 2.08 bits per heavy atom. The van der Waals surface area contributed by atoms with Gasteiger partial charge in [0.25, 0.3) is 0 Å². The number of rotatable bonds is 3. The first kappa shape index (κ1) is 8.57. The Balaban J connectivity index is 1.88. The van der Waals surface area contributed by atoms with Gasteiger partial charge in [-0.15, -0.1) is 0 Å². The van der Waals surface area contributed by atoms with Crippen molar-refractivity contribution in [1.82, 2.24) is 0 Å². The molecular weight excluding hydrogens is 160 g/mol. The van der Waals surface area contributed by atoms with Gasteiger partial charge in [0, 0.05) is 17.8 Å². The predicted molar refractivity (Wildman–Crippen MR) is 55.6 cm³/mol. The largest absolute Gasteiger partial charge is 0.382 e. The Bertz CT molecular complexity index is 269. The number of nitrogens with one attached hydrogen (secondary N) is 1. The molecule has 0 bridgehead atoms. The molecule has 70 valence electrons. The van der Waals surface area contributed by atoms with E-state index in [1.807, 2.05) is 18.2 Å². The summed E-state index contributed by atoms with van der Waals surface area (Å²) in [6, 6.07) is 11.2. The molecule has 0 heterocycles. The highest BCUT2D eigenvalue weighted by Crippen LogP contribution is 2.35. The van der Waals surface area contributed by atoms with Gasteiger partial charge < -0.3 is 11.1 Å². The van der Waals surface area contributed by atoms with Crippen LogP contribution in [0.15, 0.2) is 30.3 Å². The number of hydrogen-bond acceptors (Lipinski definition) is 2. The van der Waals surface area contributed by atoms with Crippen LogP contribution in [0.3, 0.4) is 0 Å². The van der Waals surface area contributed by atoms with Crippen molar-refractivity contribution in [3.8, 4) is 0 Å². The first-order valence-corrected chi connectivity index (χ1v) is 4.84. The van der Waals surface area contributed by atoms with E-state index in [-0.39, 0.29) is 0 Å². The van der Waals surface area contributed by atoms with Gasteiger partial charge in [-0.05, 0) is 31.4 Å². The summed E-state index contributed by atoms with van der Waals surface area (Å²) in [6.45, 7) is 2.08. The quantitative estimate of drug-likeness (QED) is 0.737. The highest BCUT2D eigenvalue weighted by atomic mass is 15.0.